The van der Waals surface area contributed by atoms with E-state index in [2.05, 4.69) is 14.8 Å². The minimum Gasteiger partial charge on any atom is -0.268 e. The van der Waals surface area contributed by atoms with Gasteiger partial charge in [-0.2, -0.15) is 4.89 Å². The van der Waals surface area contributed by atoms with Crippen molar-refractivity contribution in [3.05, 3.63) is 0 Å². The van der Waals surface area contributed by atoms with Crippen LogP contribution in [0.1, 0.15) is 33.6 Å². The molecular weight excluding hydrogens is 179 g/mol. The molecular formula is C8H15FO4. The normalized spacial score (nSPS) is 13.0. The second-order valence-electron chi connectivity index (χ2n) is 2.92. The lowest BCUT2D eigenvalue weighted by Crippen LogP contribution is -2.15. The Morgan fingerprint density at radius 2 is 2.08 bits per heavy atom. The van der Waals surface area contributed by atoms with E-state index >= 15 is 0 Å². The highest BCUT2D eigenvalue weighted by Crippen LogP contribution is 2.05. The predicted molar refractivity (Wildman–Crippen MR) is 42.9 cm³/mol. The van der Waals surface area contributed by atoms with Crippen LogP contribution in [0.3, 0.4) is 0 Å². The van der Waals surface area contributed by atoms with E-state index in [0.717, 1.165) is 0 Å². The van der Waals surface area contributed by atoms with Crippen molar-refractivity contribution in [2.24, 2.45) is 5.92 Å². The van der Waals surface area contributed by atoms with Crippen LogP contribution in [-0.4, -0.2) is 12.3 Å². The summed E-state index contributed by atoms with van der Waals surface area (Å²) < 4.78 is 12.5. The summed E-state index contributed by atoms with van der Waals surface area (Å²) in [5, 5.41) is 3.95. The van der Waals surface area contributed by atoms with Crippen LogP contribution in [-0.2, 0) is 19.6 Å². The molecule has 0 aliphatic rings. The number of rotatable bonds is 6. The van der Waals surface area contributed by atoms with Gasteiger partial charge in [-0.1, -0.05) is 27.2 Å². The van der Waals surface area contributed by atoms with E-state index < -0.39 is 12.3 Å². The minimum atomic E-state index is -1.55. The van der Waals surface area contributed by atoms with Crippen molar-refractivity contribution >= 4 is 5.97 Å². The van der Waals surface area contributed by atoms with Crippen LogP contribution < -0.4 is 0 Å². The zero-order valence-corrected chi connectivity index (χ0v) is 8.08. The number of halogens is 1. The summed E-state index contributed by atoms with van der Waals surface area (Å²) in [7, 11) is 0. The summed E-state index contributed by atoms with van der Waals surface area (Å²) in [5.41, 5.74) is 0. The van der Waals surface area contributed by atoms with Crippen LogP contribution >= 0.6 is 0 Å². The van der Waals surface area contributed by atoms with E-state index in [1.165, 1.54) is 0 Å². The molecule has 0 saturated carbocycles. The molecule has 0 N–H and O–H groups in total. The fourth-order valence-corrected chi connectivity index (χ4v) is 0.467. The molecule has 0 amide bonds. The van der Waals surface area contributed by atoms with Gasteiger partial charge in [-0.15, -0.1) is 0 Å². The van der Waals surface area contributed by atoms with Gasteiger partial charge >= 0.3 is 5.97 Å². The molecule has 4 nitrogen and oxygen atoms in total. The molecule has 5 heteroatoms. The molecule has 0 fully saturated rings. The third-order valence-electron chi connectivity index (χ3n) is 1.25. The summed E-state index contributed by atoms with van der Waals surface area (Å²) in [6, 6.07) is 0. The molecule has 0 aromatic carbocycles. The van der Waals surface area contributed by atoms with Gasteiger partial charge in [0, 0.05) is 6.42 Å². The fourth-order valence-electron chi connectivity index (χ4n) is 0.467. The first-order chi connectivity index (χ1) is 6.07. The maximum absolute atomic E-state index is 12.5. The van der Waals surface area contributed by atoms with Gasteiger partial charge in [0.1, 0.15) is 0 Å². The molecule has 0 spiro atoms. The number of carbonyl (C=O) groups excluding carboxylic acids is 1. The number of hydrogen-bond acceptors (Lipinski definition) is 4. The second-order valence-corrected chi connectivity index (χ2v) is 2.92. The molecule has 0 heterocycles. The van der Waals surface area contributed by atoms with Crippen molar-refractivity contribution in [2.75, 3.05) is 0 Å². The van der Waals surface area contributed by atoms with Crippen LogP contribution in [0.2, 0.25) is 0 Å². The Morgan fingerprint density at radius 3 is 2.54 bits per heavy atom. The summed E-state index contributed by atoms with van der Waals surface area (Å²) >= 11 is 0. The lowest BCUT2D eigenvalue weighted by molar-refractivity contribution is -0.515. The van der Waals surface area contributed by atoms with Crippen LogP contribution in [0.25, 0.3) is 0 Å². The lowest BCUT2D eigenvalue weighted by atomic mass is 10.2. The Balaban J connectivity index is 3.39. The zero-order chi connectivity index (χ0) is 10.3. The SMILES string of the molecule is CCCC(F)OOOC(=O)C(C)C. The average Bonchev–Trinajstić information content (AvgIpc) is 2.04. The maximum atomic E-state index is 12.5. The Morgan fingerprint density at radius 1 is 1.46 bits per heavy atom. The number of hydrogen-bond donors (Lipinski definition) is 0. The Kier molecular flexibility index (Phi) is 6.44. The highest BCUT2D eigenvalue weighted by molar-refractivity contribution is 5.70. The molecule has 1 unspecified atom stereocenters. The van der Waals surface area contributed by atoms with E-state index in [1.807, 2.05) is 0 Å². The van der Waals surface area contributed by atoms with Crippen molar-refractivity contribution in [1.29, 1.82) is 0 Å². The van der Waals surface area contributed by atoms with E-state index in [-0.39, 0.29) is 12.3 Å². The Labute approximate surface area is 76.8 Å². The molecule has 0 saturated heterocycles. The summed E-state index contributed by atoms with van der Waals surface area (Å²) in [6.07, 6.45) is -0.716. The van der Waals surface area contributed by atoms with Gasteiger partial charge in [0.25, 0.3) is 0 Å². The molecule has 0 aromatic heterocycles. The van der Waals surface area contributed by atoms with Gasteiger partial charge in [0.15, 0.2) is 0 Å². The van der Waals surface area contributed by atoms with Gasteiger partial charge in [-0.3, -0.25) is 4.89 Å². The highest BCUT2D eigenvalue weighted by atomic mass is 19.1. The van der Waals surface area contributed by atoms with Crippen LogP contribution in [0.5, 0.6) is 0 Å². The largest absolute Gasteiger partial charge is 0.348 e. The quantitative estimate of drug-likeness (QED) is 0.480. The first-order valence-corrected chi connectivity index (χ1v) is 4.25. The summed E-state index contributed by atoms with van der Waals surface area (Å²) in [6.45, 7) is 5.06. The first-order valence-electron chi connectivity index (χ1n) is 4.25. The van der Waals surface area contributed by atoms with Crippen LogP contribution in [0.4, 0.5) is 4.39 Å². The smallest absolute Gasteiger partial charge is 0.268 e. The monoisotopic (exact) mass is 194 g/mol. The fraction of sp³-hybridized carbons (Fsp3) is 0.875. The molecule has 0 bridgehead atoms. The molecule has 0 radical (unpaired) electrons. The van der Waals surface area contributed by atoms with E-state index in [9.17, 15) is 9.18 Å². The summed E-state index contributed by atoms with van der Waals surface area (Å²) in [4.78, 5) is 18.9. The second kappa shape index (κ2) is 6.80. The van der Waals surface area contributed by atoms with Gasteiger partial charge in [-0.05, 0) is 5.04 Å². The molecule has 13 heavy (non-hydrogen) atoms. The molecule has 1 atom stereocenters. The molecule has 0 aliphatic heterocycles. The Hall–Kier alpha value is -0.680. The van der Waals surface area contributed by atoms with Gasteiger partial charge in [-0.25, -0.2) is 9.18 Å². The zero-order valence-electron chi connectivity index (χ0n) is 8.08. The maximum Gasteiger partial charge on any atom is 0.348 e. The lowest BCUT2D eigenvalue weighted by Gasteiger charge is -2.06. The molecule has 78 valence electrons. The summed E-state index contributed by atoms with van der Waals surface area (Å²) in [5.74, 6) is -0.920. The minimum absolute atomic E-state index is 0.208. The van der Waals surface area contributed by atoms with Gasteiger partial charge in [0.05, 0.1) is 5.92 Å². The van der Waals surface area contributed by atoms with Gasteiger partial charge in [0.2, 0.25) is 6.36 Å². The van der Waals surface area contributed by atoms with E-state index in [1.54, 1.807) is 20.8 Å². The van der Waals surface area contributed by atoms with E-state index in [0.29, 0.717) is 6.42 Å². The van der Waals surface area contributed by atoms with Crippen molar-refractivity contribution in [3.8, 4) is 0 Å². The third kappa shape index (κ3) is 6.48. The molecule has 0 aromatic rings. The number of alkyl halides is 1. The number of carbonyl (C=O) groups is 1. The standard InChI is InChI=1S/C8H15FO4/c1-4-5-7(9)11-13-12-8(10)6(2)3/h6-7H,4-5H2,1-3H3. The topological polar surface area (TPSA) is 44.8 Å². The molecule has 0 rings (SSSR count). The Bertz CT molecular complexity index is 149. The molecule has 0 aliphatic carbocycles. The first kappa shape index (κ1) is 12.3. The van der Waals surface area contributed by atoms with Crippen molar-refractivity contribution in [2.45, 2.75) is 40.0 Å². The van der Waals surface area contributed by atoms with Crippen molar-refractivity contribution < 1.29 is 24.0 Å². The predicted octanol–water partition coefficient (Wildman–Crippen LogP) is 2.14. The van der Waals surface area contributed by atoms with Crippen molar-refractivity contribution in [3.63, 3.8) is 0 Å². The van der Waals surface area contributed by atoms with Crippen LogP contribution in [0, 0.1) is 5.92 Å². The van der Waals surface area contributed by atoms with Gasteiger partial charge < -0.3 is 0 Å². The average molecular weight is 194 g/mol. The highest BCUT2D eigenvalue weighted by Gasteiger charge is 2.12. The third-order valence-corrected chi connectivity index (χ3v) is 1.25. The van der Waals surface area contributed by atoms with Crippen LogP contribution in [0.15, 0.2) is 0 Å². The van der Waals surface area contributed by atoms with E-state index in [4.69, 9.17) is 0 Å². The van der Waals surface area contributed by atoms with Crippen molar-refractivity contribution in [1.82, 2.24) is 0 Å².